The maximum Gasteiger partial charge on any atom is 0.303 e. The Balaban J connectivity index is 3.17. The minimum absolute atomic E-state index is 0.198. The lowest BCUT2D eigenvalue weighted by molar-refractivity contribution is -0.314. The highest BCUT2D eigenvalue weighted by Gasteiger charge is 2.52. The average Bonchev–Trinajstić information content (AvgIpc) is 2.52. The fourth-order valence-electron chi connectivity index (χ4n) is 2.70. The number of hydrogen-bond donors (Lipinski definition) is 0. The predicted molar refractivity (Wildman–Crippen MR) is 80.2 cm³/mol. The van der Waals surface area contributed by atoms with Crippen molar-refractivity contribution >= 4 is 11.9 Å². The fourth-order valence-corrected chi connectivity index (χ4v) is 2.70. The molecule has 6 unspecified atom stereocenters. The highest BCUT2D eigenvalue weighted by atomic mass is 16.7. The van der Waals surface area contributed by atoms with Crippen molar-refractivity contribution in [2.24, 2.45) is 0 Å². The van der Waals surface area contributed by atoms with Crippen molar-refractivity contribution in [3.05, 3.63) is 0 Å². The van der Waals surface area contributed by atoms with Crippen molar-refractivity contribution < 1.29 is 42.7 Å². The minimum atomic E-state index is -0.912. The first-order valence-corrected chi connectivity index (χ1v) is 7.46. The highest BCUT2D eigenvalue weighted by Crippen LogP contribution is 2.31. The summed E-state index contributed by atoms with van der Waals surface area (Å²) in [6, 6.07) is 0. The number of carbonyl (C=O) groups excluding carboxylic acids is 2. The first-order chi connectivity index (χ1) is 11.4. The van der Waals surface area contributed by atoms with Crippen molar-refractivity contribution in [1.82, 2.24) is 0 Å². The van der Waals surface area contributed by atoms with Gasteiger partial charge in [0.25, 0.3) is 0 Å². The molecule has 1 aliphatic heterocycles. The Hall–Kier alpha value is -1.26. The monoisotopic (exact) mass is 350 g/mol. The van der Waals surface area contributed by atoms with Crippen LogP contribution < -0.4 is 0 Å². The zero-order chi connectivity index (χ0) is 18.3. The third-order valence-corrected chi connectivity index (χ3v) is 3.64. The lowest BCUT2D eigenvalue weighted by atomic mass is 9.94. The number of ether oxygens (including phenoxy) is 7. The van der Waals surface area contributed by atoms with Gasteiger partial charge >= 0.3 is 11.9 Å². The summed E-state index contributed by atoms with van der Waals surface area (Å²) < 4.78 is 37.7. The lowest BCUT2D eigenvalue weighted by Crippen LogP contribution is -2.64. The van der Waals surface area contributed by atoms with Crippen LogP contribution in [0.5, 0.6) is 0 Å². The predicted octanol–water partition coefficient (Wildman–Crippen LogP) is -0.102. The molecular formula is C15H26O9. The minimum Gasteiger partial charge on any atom is -0.457 e. The van der Waals surface area contributed by atoms with Crippen molar-refractivity contribution in [1.29, 1.82) is 0 Å². The first kappa shape index (κ1) is 20.8. The van der Waals surface area contributed by atoms with Crippen molar-refractivity contribution in [3.63, 3.8) is 0 Å². The Morgan fingerprint density at radius 3 is 1.92 bits per heavy atom. The van der Waals surface area contributed by atoms with E-state index in [-0.39, 0.29) is 6.61 Å². The summed E-state index contributed by atoms with van der Waals surface area (Å²) in [5.41, 5.74) is 0. The Bertz CT molecular complexity index is 414. The van der Waals surface area contributed by atoms with Gasteiger partial charge in [-0.15, -0.1) is 0 Å². The molecule has 1 heterocycles. The Labute approximate surface area is 141 Å². The van der Waals surface area contributed by atoms with E-state index in [1.165, 1.54) is 42.3 Å². The highest BCUT2D eigenvalue weighted by molar-refractivity contribution is 5.67. The second kappa shape index (κ2) is 9.90. The van der Waals surface area contributed by atoms with Crippen LogP contribution in [-0.4, -0.2) is 83.8 Å². The van der Waals surface area contributed by atoms with Crippen LogP contribution in [0.3, 0.4) is 0 Å². The van der Waals surface area contributed by atoms with E-state index in [2.05, 4.69) is 0 Å². The number of esters is 2. The molecular weight excluding hydrogens is 324 g/mol. The normalized spacial score (nSPS) is 31.3. The molecule has 1 aliphatic rings. The fraction of sp³-hybridized carbons (Fsp3) is 0.867. The molecule has 0 amide bonds. The zero-order valence-corrected chi connectivity index (χ0v) is 14.8. The second-order valence-corrected chi connectivity index (χ2v) is 5.28. The van der Waals surface area contributed by atoms with Gasteiger partial charge in [0.1, 0.15) is 18.3 Å². The molecule has 9 heteroatoms. The maximum absolute atomic E-state index is 11.5. The average molecular weight is 350 g/mol. The zero-order valence-electron chi connectivity index (χ0n) is 14.8. The summed E-state index contributed by atoms with van der Waals surface area (Å²) in [5.74, 6) is -1.06. The van der Waals surface area contributed by atoms with Gasteiger partial charge in [-0.3, -0.25) is 9.59 Å². The second-order valence-electron chi connectivity index (χ2n) is 5.28. The van der Waals surface area contributed by atoms with Gasteiger partial charge < -0.3 is 33.2 Å². The molecule has 9 nitrogen and oxygen atoms in total. The van der Waals surface area contributed by atoms with E-state index < -0.39 is 48.7 Å². The van der Waals surface area contributed by atoms with E-state index >= 15 is 0 Å². The van der Waals surface area contributed by atoms with Crippen LogP contribution in [0.25, 0.3) is 0 Å². The van der Waals surface area contributed by atoms with E-state index in [4.69, 9.17) is 33.2 Å². The number of carbonyl (C=O) groups is 2. The van der Waals surface area contributed by atoms with Crippen molar-refractivity contribution in [2.75, 3.05) is 35.0 Å². The summed E-state index contributed by atoms with van der Waals surface area (Å²) in [6.45, 7) is 2.73. The topological polar surface area (TPSA) is 98.8 Å². The third-order valence-electron chi connectivity index (χ3n) is 3.64. The summed E-state index contributed by atoms with van der Waals surface area (Å²) >= 11 is 0. The molecule has 0 aliphatic carbocycles. The molecule has 6 atom stereocenters. The number of methoxy groups -OCH3 is 4. The van der Waals surface area contributed by atoms with Gasteiger partial charge in [-0.25, -0.2) is 0 Å². The van der Waals surface area contributed by atoms with Gasteiger partial charge in [0.15, 0.2) is 18.5 Å². The molecule has 0 spiro atoms. The van der Waals surface area contributed by atoms with Crippen LogP contribution in [-0.2, 0) is 42.7 Å². The maximum atomic E-state index is 11.5. The molecule has 0 aromatic heterocycles. The molecule has 0 saturated carbocycles. The van der Waals surface area contributed by atoms with Gasteiger partial charge in [-0.2, -0.15) is 0 Å². The molecule has 1 saturated heterocycles. The third kappa shape index (κ3) is 5.12. The van der Waals surface area contributed by atoms with Crippen molar-refractivity contribution in [3.8, 4) is 0 Å². The van der Waals surface area contributed by atoms with Crippen LogP contribution >= 0.6 is 0 Å². The van der Waals surface area contributed by atoms with Crippen molar-refractivity contribution in [2.45, 2.75) is 50.7 Å². The van der Waals surface area contributed by atoms with E-state index in [0.717, 1.165) is 0 Å². The van der Waals surface area contributed by atoms with Gasteiger partial charge in [0.2, 0.25) is 0 Å². The molecule has 0 bridgehead atoms. The van der Waals surface area contributed by atoms with Gasteiger partial charge in [-0.05, 0) is 0 Å². The lowest BCUT2D eigenvalue weighted by Gasteiger charge is -2.45. The van der Waals surface area contributed by atoms with E-state index in [1.54, 1.807) is 0 Å². The molecule has 1 rings (SSSR count). The molecule has 140 valence electrons. The van der Waals surface area contributed by atoms with Gasteiger partial charge in [-0.1, -0.05) is 0 Å². The molecule has 0 aromatic rings. The van der Waals surface area contributed by atoms with Crippen LogP contribution in [0.4, 0.5) is 0 Å². The summed E-state index contributed by atoms with van der Waals surface area (Å²) in [5, 5.41) is 0. The molecule has 1 fully saturated rings. The standard InChI is InChI=1S/C15H26O9/c1-8(16)22-13-11(10(19-4)7-18-3)24-15(21-6)14(12(13)20-5)23-9(2)17/h10-15H,7H2,1-6H3. The van der Waals surface area contributed by atoms with E-state index in [9.17, 15) is 9.59 Å². The van der Waals surface area contributed by atoms with Crippen LogP contribution in [0, 0.1) is 0 Å². The number of hydrogen-bond acceptors (Lipinski definition) is 9. The quantitative estimate of drug-likeness (QED) is 0.556. The molecule has 0 radical (unpaired) electrons. The SMILES string of the molecule is COCC(OC)C1OC(OC)C(OC(C)=O)C(OC)C1OC(C)=O. The van der Waals surface area contributed by atoms with Gasteiger partial charge in [0.05, 0.1) is 6.61 Å². The first-order valence-electron chi connectivity index (χ1n) is 7.46. The van der Waals surface area contributed by atoms with Crippen LogP contribution in [0.1, 0.15) is 13.8 Å². The van der Waals surface area contributed by atoms with Gasteiger partial charge in [0, 0.05) is 42.3 Å². The molecule has 24 heavy (non-hydrogen) atoms. The summed E-state index contributed by atoms with van der Waals surface area (Å²) in [6.07, 6.45) is -4.77. The molecule has 0 aromatic carbocycles. The van der Waals surface area contributed by atoms with Crippen LogP contribution in [0.2, 0.25) is 0 Å². The summed E-state index contributed by atoms with van der Waals surface area (Å²) in [4.78, 5) is 22.9. The molecule has 0 N–H and O–H groups in total. The Morgan fingerprint density at radius 2 is 1.50 bits per heavy atom. The van der Waals surface area contributed by atoms with Crippen LogP contribution in [0.15, 0.2) is 0 Å². The van der Waals surface area contributed by atoms with E-state index in [1.807, 2.05) is 0 Å². The smallest absolute Gasteiger partial charge is 0.303 e. The number of rotatable bonds is 8. The Morgan fingerprint density at radius 1 is 0.917 bits per heavy atom. The summed E-state index contributed by atoms with van der Waals surface area (Å²) in [7, 11) is 5.83. The Kier molecular flexibility index (Phi) is 8.57. The van der Waals surface area contributed by atoms with E-state index in [0.29, 0.717) is 0 Å². The largest absolute Gasteiger partial charge is 0.457 e.